The molecule has 38 heavy (non-hydrogen) atoms. The van der Waals surface area contributed by atoms with Crippen LogP contribution in [0.2, 0.25) is 0 Å². The molecule has 2 heterocycles. The molecule has 4 aromatic rings. The van der Waals surface area contributed by atoms with E-state index in [9.17, 15) is 9.90 Å². The monoisotopic (exact) mass is 526 g/mol. The Morgan fingerprint density at radius 1 is 0.947 bits per heavy atom. The van der Waals surface area contributed by atoms with Gasteiger partial charge in [-0.3, -0.25) is 9.36 Å². The summed E-state index contributed by atoms with van der Waals surface area (Å²) in [4.78, 5) is 19.7. The highest BCUT2D eigenvalue weighted by Gasteiger charge is 2.34. The number of phenolic OH excluding ortho intramolecular Hbond substituents is 1. The summed E-state index contributed by atoms with van der Waals surface area (Å²) in [6, 6.07) is 19.2. The van der Waals surface area contributed by atoms with Gasteiger partial charge in [0.05, 0.1) is 37.6 Å². The maximum atomic E-state index is 14.0. The molecule has 0 amide bonds. The molecule has 0 spiro atoms. The van der Waals surface area contributed by atoms with E-state index in [4.69, 9.17) is 19.2 Å². The minimum atomic E-state index is -0.336. The lowest BCUT2D eigenvalue weighted by Crippen LogP contribution is -2.39. The molecule has 0 fully saturated rings. The fraction of sp³-hybridized carbons (Fsp3) is 0.200. The zero-order valence-electron chi connectivity index (χ0n) is 21.2. The van der Waals surface area contributed by atoms with Gasteiger partial charge in [-0.05, 0) is 53.8 Å². The number of hydrogen-bond acceptors (Lipinski definition) is 7. The number of aryl methyl sites for hydroxylation is 1. The van der Waals surface area contributed by atoms with Crippen LogP contribution in [0.4, 0.5) is 0 Å². The fourth-order valence-corrected chi connectivity index (χ4v) is 6.34. The zero-order valence-corrected chi connectivity index (χ0v) is 22.0. The second-order valence-electron chi connectivity index (χ2n) is 9.13. The Kier molecular flexibility index (Phi) is 6.04. The standard InChI is InChI=1S/C30H26N2O5S/c1-35-22-11-7-6-10-20(22)27-21-13-12-18-8-4-5-9-19(18)26(21)31-30-32(27)29(34)25(38-30)16-17-14-23(36-2)28(33)24(15-17)37-3/h4-11,14-16,27,33H,12-13H2,1-3H3/b25-16-/t27-/m1/s1. The van der Waals surface area contributed by atoms with Gasteiger partial charge in [-0.1, -0.05) is 53.8 Å². The summed E-state index contributed by atoms with van der Waals surface area (Å²) in [6.45, 7) is 0. The highest BCUT2D eigenvalue weighted by molar-refractivity contribution is 7.07. The third-order valence-electron chi connectivity index (χ3n) is 7.11. The van der Waals surface area contributed by atoms with Crippen LogP contribution < -0.4 is 29.1 Å². The highest BCUT2D eigenvalue weighted by Crippen LogP contribution is 2.43. The summed E-state index contributed by atoms with van der Waals surface area (Å²) in [7, 11) is 4.60. The second kappa shape index (κ2) is 9.54. The molecule has 3 aromatic carbocycles. The van der Waals surface area contributed by atoms with E-state index >= 15 is 0 Å². The predicted molar refractivity (Wildman–Crippen MR) is 147 cm³/mol. The van der Waals surface area contributed by atoms with E-state index < -0.39 is 0 Å². The molecule has 0 unspecified atom stereocenters. The molecule has 1 atom stereocenters. The van der Waals surface area contributed by atoms with Gasteiger partial charge in [0.1, 0.15) is 5.75 Å². The average molecular weight is 527 g/mol. The normalized spacial score (nSPS) is 16.3. The average Bonchev–Trinajstić information content (AvgIpc) is 3.26. The van der Waals surface area contributed by atoms with Crippen molar-refractivity contribution in [3.05, 3.63) is 108 Å². The number of ether oxygens (including phenoxy) is 3. The Hall–Kier alpha value is -4.30. The first kappa shape index (κ1) is 24.1. The molecule has 0 saturated heterocycles. The Morgan fingerprint density at radius 3 is 2.37 bits per heavy atom. The lowest BCUT2D eigenvalue weighted by atomic mass is 9.83. The van der Waals surface area contributed by atoms with Gasteiger partial charge in [0.15, 0.2) is 16.3 Å². The summed E-state index contributed by atoms with van der Waals surface area (Å²) < 4.78 is 18.7. The maximum absolute atomic E-state index is 14.0. The number of hydrogen-bond donors (Lipinski definition) is 1. The van der Waals surface area contributed by atoms with E-state index in [1.807, 2.05) is 30.3 Å². The number of nitrogens with zero attached hydrogens (tertiary/aromatic N) is 2. The summed E-state index contributed by atoms with van der Waals surface area (Å²) in [5.41, 5.74) is 5.88. The first-order valence-electron chi connectivity index (χ1n) is 12.2. The van der Waals surface area contributed by atoms with Crippen molar-refractivity contribution in [2.24, 2.45) is 4.99 Å². The third kappa shape index (κ3) is 3.80. The first-order chi connectivity index (χ1) is 18.5. The van der Waals surface area contributed by atoms with Crippen LogP contribution in [0, 0.1) is 0 Å². The van der Waals surface area contributed by atoms with Gasteiger partial charge < -0.3 is 19.3 Å². The Balaban J connectivity index is 1.62. The summed E-state index contributed by atoms with van der Waals surface area (Å²) in [5.74, 6) is 1.17. The zero-order chi connectivity index (χ0) is 26.4. The number of aromatic nitrogens is 1. The lowest BCUT2D eigenvalue weighted by Gasteiger charge is -2.31. The number of rotatable bonds is 5. The molecule has 192 valence electrons. The molecule has 6 rings (SSSR count). The van der Waals surface area contributed by atoms with E-state index in [0.29, 0.717) is 14.9 Å². The molecule has 1 aromatic heterocycles. The molecule has 0 saturated carbocycles. The minimum Gasteiger partial charge on any atom is -0.502 e. The number of fused-ring (bicyclic) bond motifs is 3. The molecule has 0 bridgehead atoms. The fourth-order valence-electron chi connectivity index (χ4n) is 5.34. The molecule has 7 nitrogen and oxygen atoms in total. The number of aromatic hydroxyl groups is 1. The van der Waals surface area contributed by atoms with Gasteiger partial charge in [-0.25, -0.2) is 4.99 Å². The molecule has 8 heteroatoms. The molecular weight excluding hydrogens is 500 g/mol. The lowest BCUT2D eigenvalue weighted by molar-refractivity contribution is 0.340. The smallest absolute Gasteiger partial charge is 0.271 e. The molecular formula is C30H26N2O5S. The molecule has 1 N–H and O–H groups in total. The topological polar surface area (TPSA) is 82.3 Å². The van der Waals surface area contributed by atoms with E-state index in [1.54, 1.807) is 29.9 Å². The van der Waals surface area contributed by atoms with Crippen LogP contribution in [0.25, 0.3) is 11.8 Å². The van der Waals surface area contributed by atoms with Crippen LogP contribution >= 0.6 is 11.3 Å². The number of para-hydroxylation sites is 1. The second-order valence-corrected chi connectivity index (χ2v) is 10.1. The first-order valence-corrected chi connectivity index (χ1v) is 13.1. The number of allylic oxidation sites excluding steroid dienone is 1. The van der Waals surface area contributed by atoms with Crippen molar-refractivity contribution in [3.63, 3.8) is 0 Å². The van der Waals surface area contributed by atoms with Gasteiger partial charge in [-0.15, -0.1) is 0 Å². The van der Waals surface area contributed by atoms with Gasteiger partial charge in [0.2, 0.25) is 5.75 Å². The van der Waals surface area contributed by atoms with Gasteiger partial charge in [0, 0.05) is 11.1 Å². The van der Waals surface area contributed by atoms with Gasteiger partial charge in [0.25, 0.3) is 5.56 Å². The molecule has 2 aliphatic rings. The van der Waals surface area contributed by atoms with Crippen molar-refractivity contribution in [1.29, 1.82) is 0 Å². The van der Waals surface area contributed by atoms with Gasteiger partial charge in [-0.2, -0.15) is 0 Å². The van der Waals surface area contributed by atoms with Crippen molar-refractivity contribution in [1.82, 2.24) is 4.57 Å². The Labute approximate surface area is 223 Å². The van der Waals surface area contributed by atoms with Crippen molar-refractivity contribution in [2.45, 2.75) is 18.9 Å². The number of thiazole rings is 1. The molecule has 0 radical (unpaired) electrons. The van der Waals surface area contributed by atoms with Crippen LogP contribution in [-0.4, -0.2) is 31.0 Å². The predicted octanol–water partition coefficient (Wildman–Crippen LogP) is 4.05. The van der Waals surface area contributed by atoms with E-state index in [-0.39, 0.29) is 28.8 Å². The van der Waals surface area contributed by atoms with Crippen LogP contribution in [-0.2, 0) is 6.42 Å². The third-order valence-corrected chi connectivity index (χ3v) is 8.09. The number of phenols is 1. The molecule has 1 aliphatic carbocycles. The minimum absolute atomic E-state index is 0.0869. The van der Waals surface area contributed by atoms with Crippen LogP contribution in [0.3, 0.4) is 0 Å². The molecule has 1 aliphatic heterocycles. The SMILES string of the molecule is COc1ccccc1[C@@H]1C2=C(N=c3s/c(=C\c4cc(OC)c(O)c(OC)c4)c(=O)n31)c1ccccc1CC2. The summed E-state index contributed by atoms with van der Waals surface area (Å²) in [6.07, 6.45) is 3.46. The van der Waals surface area contributed by atoms with Crippen LogP contribution in [0.15, 0.2) is 76.0 Å². The quantitative estimate of drug-likeness (QED) is 0.424. The highest BCUT2D eigenvalue weighted by atomic mass is 32.1. The van der Waals surface area contributed by atoms with E-state index in [0.717, 1.165) is 41.0 Å². The summed E-state index contributed by atoms with van der Waals surface area (Å²) in [5, 5.41) is 10.3. The maximum Gasteiger partial charge on any atom is 0.271 e. The number of methoxy groups -OCH3 is 3. The Bertz CT molecular complexity index is 1760. The Morgan fingerprint density at radius 2 is 1.63 bits per heavy atom. The number of benzene rings is 3. The van der Waals surface area contributed by atoms with Crippen molar-refractivity contribution >= 4 is 23.1 Å². The van der Waals surface area contributed by atoms with E-state index in [1.165, 1.54) is 31.1 Å². The van der Waals surface area contributed by atoms with Crippen molar-refractivity contribution < 1.29 is 19.3 Å². The van der Waals surface area contributed by atoms with Crippen LogP contribution in [0.1, 0.15) is 34.7 Å². The van der Waals surface area contributed by atoms with Crippen molar-refractivity contribution in [3.8, 4) is 23.0 Å². The largest absolute Gasteiger partial charge is 0.502 e. The van der Waals surface area contributed by atoms with Crippen LogP contribution in [0.5, 0.6) is 23.0 Å². The summed E-state index contributed by atoms with van der Waals surface area (Å²) >= 11 is 1.34. The van der Waals surface area contributed by atoms with Gasteiger partial charge >= 0.3 is 0 Å². The van der Waals surface area contributed by atoms with E-state index in [2.05, 4.69) is 18.2 Å². The van der Waals surface area contributed by atoms with Crippen molar-refractivity contribution in [2.75, 3.05) is 21.3 Å².